The lowest BCUT2D eigenvalue weighted by atomic mass is 10.0. The highest BCUT2D eigenvalue weighted by Crippen LogP contribution is 2.19. The second-order valence-corrected chi connectivity index (χ2v) is 9.20. The summed E-state index contributed by atoms with van der Waals surface area (Å²) in [6.45, 7) is 0. The SMILES string of the molecule is O=C[C@H](Cc1c[nH]c2ccccc12)NC(=O)[C@H](Cc1ccccc1)NC(=O)[C@H](Cc1ccccc1)NS. The number of nitrogens with one attached hydrogen (secondary N) is 4. The predicted octanol–water partition coefficient (Wildman–Crippen LogP) is 3.17. The van der Waals surface area contributed by atoms with E-state index in [2.05, 4.69) is 33.2 Å². The number of benzene rings is 3. The third-order valence-corrected chi connectivity index (χ3v) is 6.59. The number of rotatable bonds is 12. The molecule has 0 aliphatic rings. The molecule has 3 atom stereocenters. The van der Waals surface area contributed by atoms with Gasteiger partial charge in [0, 0.05) is 29.9 Å². The minimum absolute atomic E-state index is 0.279. The van der Waals surface area contributed by atoms with E-state index in [1.165, 1.54) is 0 Å². The third kappa shape index (κ3) is 7.09. The Labute approximate surface area is 221 Å². The van der Waals surface area contributed by atoms with Crippen LogP contribution < -0.4 is 15.4 Å². The molecule has 4 N–H and O–H groups in total. The van der Waals surface area contributed by atoms with Crippen LogP contribution in [0.1, 0.15) is 16.7 Å². The number of aromatic amines is 1. The lowest BCUT2D eigenvalue weighted by Crippen LogP contribution is -2.55. The Morgan fingerprint density at radius 2 is 1.32 bits per heavy atom. The quantitative estimate of drug-likeness (QED) is 0.148. The summed E-state index contributed by atoms with van der Waals surface area (Å²) >= 11 is 4.15. The number of thiol groups is 1. The number of hydrogen-bond donors (Lipinski definition) is 5. The van der Waals surface area contributed by atoms with Crippen molar-refractivity contribution in [3.05, 3.63) is 108 Å². The highest BCUT2D eigenvalue weighted by molar-refractivity contribution is 7.78. The van der Waals surface area contributed by atoms with Gasteiger partial charge in [0.25, 0.3) is 0 Å². The van der Waals surface area contributed by atoms with Crippen molar-refractivity contribution >= 4 is 41.8 Å². The largest absolute Gasteiger partial charge is 0.361 e. The number of para-hydroxylation sites is 1. The molecule has 0 aliphatic carbocycles. The van der Waals surface area contributed by atoms with E-state index in [1.54, 1.807) is 0 Å². The Kier molecular flexibility index (Phi) is 9.13. The van der Waals surface area contributed by atoms with Gasteiger partial charge >= 0.3 is 0 Å². The first-order valence-corrected chi connectivity index (χ1v) is 12.6. The Bertz CT molecular complexity index is 1330. The summed E-state index contributed by atoms with van der Waals surface area (Å²) in [6.07, 6.45) is 3.60. The fraction of sp³-hybridized carbons (Fsp3) is 0.207. The van der Waals surface area contributed by atoms with Gasteiger partial charge in [-0.15, -0.1) is 0 Å². The summed E-state index contributed by atoms with van der Waals surface area (Å²) in [4.78, 5) is 41.7. The zero-order chi connectivity index (χ0) is 26.0. The van der Waals surface area contributed by atoms with Gasteiger partial charge in [0.15, 0.2) is 0 Å². The van der Waals surface area contributed by atoms with E-state index in [0.29, 0.717) is 12.8 Å². The van der Waals surface area contributed by atoms with Crippen molar-refractivity contribution in [3.8, 4) is 0 Å². The van der Waals surface area contributed by atoms with Crippen molar-refractivity contribution in [2.45, 2.75) is 37.4 Å². The maximum Gasteiger partial charge on any atom is 0.243 e. The molecule has 2 amide bonds. The Balaban J connectivity index is 1.48. The maximum absolute atomic E-state index is 13.4. The Morgan fingerprint density at radius 3 is 1.95 bits per heavy atom. The molecule has 37 heavy (non-hydrogen) atoms. The molecule has 1 heterocycles. The first-order chi connectivity index (χ1) is 18.1. The summed E-state index contributed by atoms with van der Waals surface area (Å²) < 4.78 is 2.75. The van der Waals surface area contributed by atoms with Crippen LogP contribution in [0.3, 0.4) is 0 Å². The van der Waals surface area contributed by atoms with Crippen LogP contribution >= 0.6 is 12.8 Å². The fourth-order valence-corrected chi connectivity index (χ4v) is 4.54. The lowest BCUT2D eigenvalue weighted by Gasteiger charge is -2.23. The standard InChI is InChI=1S/C29H30N4O3S/c34-19-23(17-22-18-30-25-14-8-7-13-24(22)25)31-28(35)26(15-20-9-3-1-4-10-20)32-29(36)27(33-37)16-21-11-5-2-6-12-21/h1-14,18-19,23,26-27,30,33,37H,15-17H2,(H,31,35)(H,32,36)/t23-,26-,27-/m0/s1. The van der Waals surface area contributed by atoms with Crippen LogP contribution in [-0.2, 0) is 33.6 Å². The number of carbonyl (C=O) groups is 3. The zero-order valence-electron chi connectivity index (χ0n) is 20.3. The second-order valence-electron chi connectivity index (χ2n) is 8.94. The molecule has 0 fully saturated rings. The minimum Gasteiger partial charge on any atom is -0.361 e. The van der Waals surface area contributed by atoms with Crippen LogP contribution in [-0.4, -0.2) is 41.2 Å². The van der Waals surface area contributed by atoms with Crippen molar-refractivity contribution < 1.29 is 14.4 Å². The van der Waals surface area contributed by atoms with Crippen molar-refractivity contribution in [3.63, 3.8) is 0 Å². The number of fused-ring (bicyclic) bond motifs is 1. The van der Waals surface area contributed by atoms with Gasteiger partial charge in [-0.05, 0) is 29.2 Å². The average Bonchev–Trinajstić information content (AvgIpc) is 3.34. The molecule has 0 bridgehead atoms. The van der Waals surface area contributed by atoms with Gasteiger partial charge in [-0.3, -0.25) is 14.3 Å². The van der Waals surface area contributed by atoms with Gasteiger partial charge in [-0.25, -0.2) is 0 Å². The van der Waals surface area contributed by atoms with Gasteiger partial charge in [-0.1, -0.05) is 91.7 Å². The molecule has 0 radical (unpaired) electrons. The van der Waals surface area contributed by atoms with E-state index >= 15 is 0 Å². The first kappa shape index (κ1) is 26.2. The molecule has 0 spiro atoms. The monoisotopic (exact) mass is 514 g/mol. The van der Waals surface area contributed by atoms with Gasteiger partial charge in [0.1, 0.15) is 12.3 Å². The molecular weight excluding hydrogens is 484 g/mol. The normalized spacial score (nSPS) is 13.4. The van der Waals surface area contributed by atoms with Crippen LogP contribution in [0.4, 0.5) is 0 Å². The van der Waals surface area contributed by atoms with E-state index in [9.17, 15) is 14.4 Å². The van der Waals surface area contributed by atoms with Crippen LogP contribution in [0, 0.1) is 0 Å². The molecule has 1 aromatic heterocycles. The second kappa shape index (κ2) is 12.9. The van der Waals surface area contributed by atoms with E-state index in [1.807, 2.05) is 91.1 Å². The summed E-state index contributed by atoms with van der Waals surface area (Å²) in [6, 6.07) is 24.5. The Morgan fingerprint density at radius 1 is 0.757 bits per heavy atom. The highest BCUT2D eigenvalue weighted by Gasteiger charge is 2.27. The summed E-state index contributed by atoms with van der Waals surface area (Å²) in [5, 5.41) is 6.70. The zero-order valence-corrected chi connectivity index (χ0v) is 21.2. The van der Waals surface area contributed by atoms with Crippen LogP contribution in [0.5, 0.6) is 0 Å². The van der Waals surface area contributed by atoms with Gasteiger partial charge < -0.3 is 20.4 Å². The molecule has 3 aromatic carbocycles. The number of carbonyl (C=O) groups excluding carboxylic acids is 3. The fourth-order valence-electron chi connectivity index (χ4n) is 4.33. The molecule has 190 valence electrons. The number of H-pyrrole nitrogens is 1. The molecule has 0 unspecified atom stereocenters. The van der Waals surface area contributed by atoms with Crippen molar-refractivity contribution in [2.75, 3.05) is 0 Å². The van der Waals surface area contributed by atoms with Gasteiger partial charge in [0.05, 0.1) is 12.1 Å². The molecule has 8 heteroatoms. The van der Waals surface area contributed by atoms with Crippen LogP contribution in [0.2, 0.25) is 0 Å². The third-order valence-electron chi connectivity index (χ3n) is 6.28. The number of aldehydes is 1. The molecule has 7 nitrogen and oxygen atoms in total. The number of aromatic nitrogens is 1. The Hall–Kier alpha value is -3.88. The highest BCUT2D eigenvalue weighted by atomic mass is 32.1. The minimum atomic E-state index is -0.875. The summed E-state index contributed by atoms with van der Waals surface area (Å²) in [5.74, 6) is -0.777. The van der Waals surface area contributed by atoms with Gasteiger partial charge in [-0.2, -0.15) is 0 Å². The molecule has 4 aromatic rings. The molecule has 4 rings (SSSR count). The first-order valence-electron chi connectivity index (χ1n) is 12.2. The van der Waals surface area contributed by atoms with E-state index in [0.717, 1.165) is 33.9 Å². The smallest absolute Gasteiger partial charge is 0.243 e. The predicted molar refractivity (Wildman–Crippen MR) is 148 cm³/mol. The summed E-state index contributed by atoms with van der Waals surface area (Å²) in [5.41, 5.74) is 3.75. The number of hydrogen-bond acceptors (Lipinski definition) is 5. The van der Waals surface area contributed by atoms with E-state index in [-0.39, 0.29) is 12.3 Å². The lowest BCUT2D eigenvalue weighted by molar-refractivity contribution is -0.130. The van der Waals surface area contributed by atoms with E-state index in [4.69, 9.17) is 0 Å². The van der Waals surface area contributed by atoms with E-state index < -0.39 is 24.0 Å². The molecule has 0 saturated carbocycles. The summed E-state index contributed by atoms with van der Waals surface area (Å²) in [7, 11) is 0. The van der Waals surface area contributed by atoms with Crippen molar-refractivity contribution in [1.82, 2.24) is 20.3 Å². The van der Waals surface area contributed by atoms with Crippen molar-refractivity contribution in [1.29, 1.82) is 0 Å². The number of amides is 2. The molecule has 0 aliphatic heterocycles. The molecule has 0 saturated heterocycles. The van der Waals surface area contributed by atoms with Crippen LogP contribution in [0.25, 0.3) is 10.9 Å². The van der Waals surface area contributed by atoms with Crippen LogP contribution in [0.15, 0.2) is 91.1 Å². The molecular formula is C29H30N4O3S. The van der Waals surface area contributed by atoms with Crippen molar-refractivity contribution in [2.24, 2.45) is 0 Å². The van der Waals surface area contributed by atoms with Gasteiger partial charge in [0.2, 0.25) is 11.8 Å². The average molecular weight is 515 g/mol. The topological polar surface area (TPSA) is 103 Å². The maximum atomic E-state index is 13.4.